The van der Waals surface area contributed by atoms with Gasteiger partial charge in [-0.05, 0) is 32.3 Å². The summed E-state index contributed by atoms with van der Waals surface area (Å²) in [6.45, 7) is 3.63. The number of rotatable bonds is 6. The van der Waals surface area contributed by atoms with Crippen LogP contribution < -0.4 is 4.74 Å². The lowest BCUT2D eigenvalue weighted by Gasteiger charge is -2.17. The van der Waals surface area contributed by atoms with E-state index in [2.05, 4.69) is 11.8 Å². The van der Waals surface area contributed by atoms with Crippen LogP contribution in [0, 0.1) is 5.92 Å². The number of benzene rings is 1. The molecule has 0 fully saturated rings. The molecule has 1 aromatic rings. The number of carboxylic acid groups (broad SMARTS) is 1. The molecule has 94 valence electrons. The molecule has 0 heterocycles. The average Bonchev–Trinajstić information content (AvgIpc) is 2.26. The molecule has 0 spiro atoms. The lowest BCUT2D eigenvalue weighted by Crippen LogP contribution is -2.24. The first-order valence-electron chi connectivity index (χ1n) is 5.60. The van der Waals surface area contributed by atoms with E-state index in [0.29, 0.717) is 18.3 Å². The second kappa shape index (κ2) is 6.25. The number of carboxylic acids is 1. The minimum absolute atomic E-state index is 0.253. The number of ether oxygens (including phenoxy) is 1. The molecule has 0 aliphatic heterocycles. The van der Waals surface area contributed by atoms with E-state index in [1.54, 1.807) is 24.3 Å². The first-order chi connectivity index (χ1) is 7.99. The van der Waals surface area contributed by atoms with Crippen molar-refractivity contribution < 1.29 is 14.6 Å². The van der Waals surface area contributed by atoms with Gasteiger partial charge in [0.2, 0.25) is 0 Å². The summed E-state index contributed by atoms with van der Waals surface area (Å²) in [5, 5.41) is 8.84. The fourth-order valence-electron chi connectivity index (χ4n) is 1.63. The molecule has 0 saturated heterocycles. The van der Waals surface area contributed by atoms with E-state index in [1.807, 2.05) is 14.1 Å². The quantitative estimate of drug-likeness (QED) is 0.821. The average molecular weight is 237 g/mol. The van der Waals surface area contributed by atoms with Crippen molar-refractivity contribution in [2.45, 2.75) is 6.92 Å². The largest absolute Gasteiger partial charge is 0.493 e. The van der Waals surface area contributed by atoms with Crippen LogP contribution in [0.4, 0.5) is 0 Å². The van der Waals surface area contributed by atoms with Gasteiger partial charge in [0, 0.05) is 12.5 Å². The second-order valence-corrected chi connectivity index (χ2v) is 4.51. The van der Waals surface area contributed by atoms with Gasteiger partial charge in [-0.1, -0.05) is 13.0 Å². The fraction of sp³-hybridized carbons (Fsp3) is 0.462. The standard InChI is InChI=1S/C13H19NO3/c1-10(8-14(2)3)9-17-12-6-4-5-11(7-12)13(15)16/h4-7,10H,8-9H2,1-3H3,(H,15,16). The van der Waals surface area contributed by atoms with E-state index in [0.717, 1.165) is 6.54 Å². The maximum absolute atomic E-state index is 10.8. The molecule has 17 heavy (non-hydrogen) atoms. The summed E-state index contributed by atoms with van der Waals surface area (Å²) in [6.07, 6.45) is 0. The molecule has 0 aliphatic rings. The van der Waals surface area contributed by atoms with Gasteiger partial charge in [-0.3, -0.25) is 0 Å². The van der Waals surface area contributed by atoms with Crippen LogP contribution in [0.2, 0.25) is 0 Å². The van der Waals surface area contributed by atoms with Crippen molar-refractivity contribution in [1.29, 1.82) is 0 Å². The first kappa shape index (κ1) is 13.5. The molecule has 1 unspecified atom stereocenters. The van der Waals surface area contributed by atoms with E-state index in [9.17, 15) is 4.79 Å². The lowest BCUT2D eigenvalue weighted by molar-refractivity contribution is 0.0696. The minimum Gasteiger partial charge on any atom is -0.493 e. The van der Waals surface area contributed by atoms with Crippen LogP contribution in [0.25, 0.3) is 0 Å². The molecule has 0 saturated carbocycles. The van der Waals surface area contributed by atoms with Gasteiger partial charge in [-0.15, -0.1) is 0 Å². The van der Waals surface area contributed by atoms with Crippen LogP contribution >= 0.6 is 0 Å². The van der Waals surface area contributed by atoms with Crippen molar-refractivity contribution in [1.82, 2.24) is 4.90 Å². The predicted molar refractivity (Wildman–Crippen MR) is 66.6 cm³/mol. The van der Waals surface area contributed by atoms with Crippen molar-refractivity contribution in [3.8, 4) is 5.75 Å². The van der Waals surface area contributed by atoms with Gasteiger partial charge >= 0.3 is 5.97 Å². The summed E-state index contributed by atoms with van der Waals surface area (Å²) in [7, 11) is 4.03. The molecule has 0 bridgehead atoms. The predicted octanol–water partition coefficient (Wildman–Crippen LogP) is 1.96. The maximum Gasteiger partial charge on any atom is 0.335 e. The highest BCUT2D eigenvalue weighted by Crippen LogP contribution is 2.14. The van der Waals surface area contributed by atoms with Gasteiger partial charge in [-0.25, -0.2) is 4.79 Å². The Morgan fingerprint density at radius 1 is 1.47 bits per heavy atom. The van der Waals surface area contributed by atoms with Crippen molar-refractivity contribution in [2.24, 2.45) is 5.92 Å². The number of hydrogen-bond donors (Lipinski definition) is 1. The zero-order valence-electron chi connectivity index (χ0n) is 10.5. The van der Waals surface area contributed by atoms with E-state index in [1.165, 1.54) is 0 Å². The van der Waals surface area contributed by atoms with Crippen LogP contribution in [-0.2, 0) is 0 Å². The number of carbonyl (C=O) groups is 1. The molecule has 1 aromatic carbocycles. The van der Waals surface area contributed by atoms with Gasteiger partial charge < -0.3 is 14.7 Å². The maximum atomic E-state index is 10.8. The van der Waals surface area contributed by atoms with Crippen LogP contribution in [0.5, 0.6) is 5.75 Å². The Hall–Kier alpha value is -1.55. The normalized spacial score (nSPS) is 12.5. The lowest BCUT2D eigenvalue weighted by atomic mass is 10.2. The van der Waals surface area contributed by atoms with Crippen molar-refractivity contribution in [3.05, 3.63) is 29.8 Å². The molecule has 0 aromatic heterocycles. The van der Waals surface area contributed by atoms with Gasteiger partial charge in [0.1, 0.15) is 5.75 Å². The van der Waals surface area contributed by atoms with Gasteiger partial charge in [-0.2, -0.15) is 0 Å². The van der Waals surface area contributed by atoms with Crippen molar-refractivity contribution >= 4 is 5.97 Å². The molecule has 1 N–H and O–H groups in total. The molecular weight excluding hydrogens is 218 g/mol. The molecule has 0 aliphatic carbocycles. The fourth-order valence-corrected chi connectivity index (χ4v) is 1.63. The second-order valence-electron chi connectivity index (χ2n) is 4.51. The smallest absolute Gasteiger partial charge is 0.335 e. The SMILES string of the molecule is CC(COc1cccc(C(=O)O)c1)CN(C)C. The summed E-state index contributed by atoms with van der Waals surface area (Å²) < 4.78 is 5.57. The van der Waals surface area contributed by atoms with E-state index >= 15 is 0 Å². The van der Waals surface area contributed by atoms with Crippen LogP contribution in [0.15, 0.2) is 24.3 Å². The van der Waals surface area contributed by atoms with Crippen LogP contribution in [0.3, 0.4) is 0 Å². The monoisotopic (exact) mass is 237 g/mol. The molecule has 1 atom stereocenters. The Morgan fingerprint density at radius 2 is 2.18 bits per heavy atom. The van der Waals surface area contributed by atoms with Crippen molar-refractivity contribution in [3.63, 3.8) is 0 Å². The summed E-state index contributed by atoms with van der Waals surface area (Å²) in [5.41, 5.74) is 0.253. The van der Waals surface area contributed by atoms with Gasteiger partial charge in [0.05, 0.1) is 12.2 Å². The number of hydrogen-bond acceptors (Lipinski definition) is 3. The summed E-state index contributed by atoms with van der Waals surface area (Å²) in [6, 6.07) is 6.56. The van der Waals surface area contributed by atoms with Gasteiger partial charge in [0.15, 0.2) is 0 Å². The Labute approximate surface area is 102 Å². The summed E-state index contributed by atoms with van der Waals surface area (Å²) >= 11 is 0. The highest BCUT2D eigenvalue weighted by molar-refractivity contribution is 5.87. The third kappa shape index (κ3) is 4.87. The topological polar surface area (TPSA) is 49.8 Å². The third-order valence-corrected chi connectivity index (χ3v) is 2.29. The zero-order valence-corrected chi connectivity index (χ0v) is 10.5. The van der Waals surface area contributed by atoms with E-state index < -0.39 is 5.97 Å². The number of nitrogens with zero attached hydrogens (tertiary/aromatic N) is 1. The number of aromatic carboxylic acids is 1. The van der Waals surface area contributed by atoms with Gasteiger partial charge in [0.25, 0.3) is 0 Å². The molecule has 1 rings (SSSR count). The van der Waals surface area contributed by atoms with Crippen LogP contribution in [-0.4, -0.2) is 43.2 Å². The molecule has 4 nitrogen and oxygen atoms in total. The Bertz CT molecular complexity index is 377. The Kier molecular flexibility index (Phi) is 4.97. The highest BCUT2D eigenvalue weighted by atomic mass is 16.5. The molecule has 4 heteroatoms. The molecule has 0 radical (unpaired) electrons. The summed E-state index contributed by atoms with van der Waals surface area (Å²) in [4.78, 5) is 12.9. The summed E-state index contributed by atoms with van der Waals surface area (Å²) in [5.74, 6) is 0.0748. The minimum atomic E-state index is -0.934. The highest BCUT2D eigenvalue weighted by Gasteiger charge is 2.07. The Morgan fingerprint density at radius 3 is 2.76 bits per heavy atom. The Balaban J connectivity index is 2.51. The molecule has 0 amide bonds. The third-order valence-electron chi connectivity index (χ3n) is 2.29. The first-order valence-corrected chi connectivity index (χ1v) is 5.60. The van der Waals surface area contributed by atoms with Crippen molar-refractivity contribution in [2.75, 3.05) is 27.2 Å². The van der Waals surface area contributed by atoms with E-state index in [4.69, 9.17) is 9.84 Å². The van der Waals surface area contributed by atoms with E-state index in [-0.39, 0.29) is 5.56 Å². The zero-order chi connectivity index (χ0) is 12.8. The molecular formula is C13H19NO3. The van der Waals surface area contributed by atoms with Crippen LogP contribution in [0.1, 0.15) is 17.3 Å².